The highest BCUT2D eigenvalue weighted by Crippen LogP contribution is 2.31. The highest BCUT2D eigenvalue weighted by molar-refractivity contribution is 6.35. The predicted molar refractivity (Wildman–Crippen MR) is 72.0 cm³/mol. The van der Waals surface area contributed by atoms with Gasteiger partial charge in [-0.25, -0.2) is 14.2 Å². The third kappa shape index (κ3) is 3.04. The summed E-state index contributed by atoms with van der Waals surface area (Å²) in [5.74, 6) is 4.30. The summed E-state index contributed by atoms with van der Waals surface area (Å²) in [4.78, 5) is 0. The second-order valence-electron chi connectivity index (χ2n) is 3.93. The molecule has 6 heteroatoms. The lowest BCUT2D eigenvalue weighted by molar-refractivity contribution is 0.545. The van der Waals surface area contributed by atoms with Crippen molar-refractivity contribution in [3.63, 3.8) is 0 Å². The average molecular weight is 303 g/mol. The molecule has 2 rings (SSSR count). The minimum atomic E-state index is -0.763. The molecular formula is C13H10Cl2F2N2. The Bertz CT molecular complexity index is 605. The Hall–Kier alpha value is -1.20. The summed E-state index contributed by atoms with van der Waals surface area (Å²) in [6.45, 7) is 0. The number of nitrogens with two attached hydrogens (primary N) is 1. The molecule has 1 unspecified atom stereocenters. The molecule has 0 saturated heterocycles. The monoisotopic (exact) mass is 302 g/mol. The lowest BCUT2D eigenvalue weighted by Gasteiger charge is -2.19. The van der Waals surface area contributed by atoms with Crippen molar-refractivity contribution in [1.82, 2.24) is 5.43 Å². The predicted octanol–water partition coefficient (Wildman–Crippen LogP) is 3.82. The maximum Gasteiger partial charge on any atom is 0.128 e. The van der Waals surface area contributed by atoms with Crippen LogP contribution in [0, 0.1) is 11.6 Å². The summed E-state index contributed by atoms with van der Waals surface area (Å²) in [7, 11) is 0. The number of rotatable bonds is 3. The number of hydrogen-bond donors (Lipinski definition) is 2. The summed E-state index contributed by atoms with van der Waals surface area (Å²) in [5.41, 5.74) is 3.02. The zero-order valence-corrected chi connectivity index (χ0v) is 11.1. The molecule has 0 saturated carbocycles. The highest BCUT2D eigenvalue weighted by Gasteiger charge is 2.20. The molecule has 0 heterocycles. The summed E-state index contributed by atoms with van der Waals surface area (Å²) < 4.78 is 27.0. The molecule has 2 aromatic rings. The van der Waals surface area contributed by atoms with Crippen LogP contribution in [0.15, 0.2) is 36.4 Å². The van der Waals surface area contributed by atoms with Crippen LogP contribution >= 0.6 is 23.2 Å². The SMILES string of the molecule is NNC(c1cc(F)ccc1F)c1ccc(Cl)cc1Cl. The van der Waals surface area contributed by atoms with Crippen LogP contribution in [0.5, 0.6) is 0 Å². The van der Waals surface area contributed by atoms with Gasteiger partial charge in [-0.1, -0.05) is 29.3 Å². The van der Waals surface area contributed by atoms with Gasteiger partial charge in [0, 0.05) is 15.6 Å². The molecule has 19 heavy (non-hydrogen) atoms. The quantitative estimate of drug-likeness (QED) is 0.668. The second kappa shape index (κ2) is 5.84. The Morgan fingerprint density at radius 2 is 1.74 bits per heavy atom. The van der Waals surface area contributed by atoms with Gasteiger partial charge in [0.2, 0.25) is 0 Å². The molecule has 2 nitrogen and oxygen atoms in total. The number of halogens is 4. The van der Waals surface area contributed by atoms with Crippen molar-refractivity contribution >= 4 is 23.2 Å². The topological polar surface area (TPSA) is 38.0 Å². The molecule has 0 aliphatic carbocycles. The molecule has 1 atom stereocenters. The Balaban J connectivity index is 2.52. The van der Waals surface area contributed by atoms with Crippen molar-refractivity contribution < 1.29 is 8.78 Å². The van der Waals surface area contributed by atoms with Crippen LogP contribution in [-0.4, -0.2) is 0 Å². The van der Waals surface area contributed by atoms with Gasteiger partial charge < -0.3 is 0 Å². The van der Waals surface area contributed by atoms with Crippen LogP contribution in [0.25, 0.3) is 0 Å². The van der Waals surface area contributed by atoms with Gasteiger partial charge in [0.25, 0.3) is 0 Å². The fourth-order valence-electron chi connectivity index (χ4n) is 1.82. The first-order chi connectivity index (χ1) is 9.02. The highest BCUT2D eigenvalue weighted by atomic mass is 35.5. The first kappa shape index (κ1) is 14.2. The molecule has 0 aliphatic rings. The van der Waals surface area contributed by atoms with Crippen LogP contribution < -0.4 is 11.3 Å². The molecular weight excluding hydrogens is 293 g/mol. The summed E-state index contributed by atoms with van der Waals surface area (Å²) in [5, 5.41) is 0.767. The van der Waals surface area contributed by atoms with E-state index in [9.17, 15) is 8.78 Å². The number of hydrogen-bond acceptors (Lipinski definition) is 2. The average Bonchev–Trinajstić information content (AvgIpc) is 2.36. The Labute approximate surface area is 119 Å². The summed E-state index contributed by atoms with van der Waals surface area (Å²) >= 11 is 11.8. The van der Waals surface area contributed by atoms with Crippen LogP contribution in [-0.2, 0) is 0 Å². The molecule has 0 aliphatic heterocycles. The van der Waals surface area contributed by atoms with E-state index in [1.54, 1.807) is 12.1 Å². The number of nitrogens with one attached hydrogen (secondary N) is 1. The first-order valence-corrected chi connectivity index (χ1v) is 6.14. The zero-order valence-electron chi connectivity index (χ0n) is 9.63. The van der Waals surface area contributed by atoms with Crippen LogP contribution in [0.4, 0.5) is 8.78 Å². The zero-order chi connectivity index (χ0) is 14.0. The number of benzene rings is 2. The minimum absolute atomic E-state index is 0.0757. The Morgan fingerprint density at radius 3 is 2.37 bits per heavy atom. The fourth-order valence-corrected chi connectivity index (χ4v) is 2.34. The van der Waals surface area contributed by atoms with Crippen molar-refractivity contribution in [3.05, 3.63) is 69.2 Å². The van der Waals surface area contributed by atoms with Gasteiger partial charge in [0.15, 0.2) is 0 Å². The van der Waals surface area contributed by atoms with E-state index in [1.165, 1.54) is 6.07 Å². The fraction of sp³-hybridized carbons (Fsp3) is 0.0769. The van der Waals surface area contributed by atoms with Gasteiger partial charge >= 0.3 is 0 Å². The van der Waals surface area contributed by atoms with Crippen molar-refractivity contribution in [1.29, 1.82) is 0 Å². The Kier molecular flexibility index (Phi) is 4.37. The van der Waals surface area contributed by atoms with Crippen LogP contribution in [0.2, 0.25) is 10.0 Å². The Morgan fingerprint density at radius 1 is 1.00 bits per heavy atom. The molecule has 0 bridgehead atoms. The van der Waals surface area contributed by atoms with Crippen molar-refractivity contribution in [2.75, 3.05) is 0 Å². The largest absolute Gasteiger partial charge is 0.271 e. The van der Waals surface area contributed by atoms with E-state index in [0.717, 1.165) is 18.2 Å². The molecule has 3 N–H and O–H groups in total. The van der Waals surface area contributed by atoms with E-state index in [1.807, 2.05) is 0 Å². The molecule has 0 radical (unpaired) electrons. The van der Waals surface area contributed by atoms with E-state index in [4.69, 9.17) is 29.0 Å². The third-order valence-corrected chi connectivity index (χ3v) is 3.27. The standard InChI is InChI=1S/C13H10Cl2F2N2/c14-7-1-3-9(11(15)5-7)13(19-18)10-6-8(16)2-4-12(10)17/h1-6,13,19H,18H2. The van der Waals surface area contributed by atoms with Gasteiger partial charge in [0.1, 0.15) is 11.6 Å². The molecule has 2 aromatic carbocycles. The van der Waals surface area contributed by atoms with Gasteiger partial charge in [-0.05, 0) is 35.9 Å². The van der Waals surface area contributed by atoms with Gasteiger partial charge in [-0.15, -0.1) is 0 Å². The van der Waals surface area contributed by atoms with Crippen molar-refractivity contribution in [2.45, 2.75) is 6.04 Å². The molecule has 100 valence electrons. The van der Waals surface area contributed by atoms with Gasteiger partial charge in [0.05, 0.1) is 6.04 Å². The summed E-state index contributed by atoms with van der Waals surface area (Å²) in [6.07, 6.45) is 0. The summed E-state index contributed by atoms with van der Waals surface area (Å²) in [6, 6.07) is 7.11. The first-order valence-electron chi connectivity index (χ1n) is 5.39. The van der Waals surface area contributed by atoms with E-state index in [2.05, 4.69) is 5.43 Å². The van der Waals surface area contributed by atoms with Crippen molar-refractivity contribution in [3.8, 4) is 0 Å². The van der Waals surface area contributed by atoms with Crippen molar-refractivity contribution in [2.24, 2.45) is 5.84 Å². The normalized spacial score (nSPS) is 12.5. The van der Waals surface area contributed by atoms with Gasteiger partial charge in [-0.2, -0.15) is 0 Å². The third-order valence-electron chi connectivity index (χ3n) is 2.71. The lowest BCUT2D eigenvalue weighted by atomic mass is 9.98. The molecule has 0 spiro atoms. The van der Waals surface area contributed by atoms with E-state index < -0.39 is 17.7 Å². The van der Waals surface area contributed by atoms with Crippen LogP contribution in [0.3, 0.4) is 0 Å². The molecule has 0 amide bonds. The maximum atomic E-state index is 13.8. The molecule has 0 fully saturated rings. The van der Waals surface area contributed by atoms with E-state index >= 15 is 0 Å². The van der Waals surface area contributed by atoms with E-state index in [-0.39, 0.29) is 5.56 Å². The maximum absolute atomic E-state index is 13.8. The van der Waals surface area contributed by atoms with Crippen LogP contribution in [0.1, 0.15) is 17.2 Å². The lowest BCUT2D eigenvalue weighted by Crippen LogP contribution is -2.29. The minimum Gasteiger partial charge on any atom is -0.271 e. The number of hydrazine groups is 1. The van der Waals surface area contributed by atoms with Gasteiger partial charge in [-0.3, -0.25) is 5.84 Å². The smallest absolute Gasteiger partial charge is 0.128 e. The van der Waals surface area contributed by atoms with E-state index in [0.29, 0.717) is 15.6 Å². The second-order valence-corrected chi connectivity index (χ2v) is 4.77. The molecule has 0 aromatic heterocycles.